The first-order chi connectivity index (χ1) is 15.1. The van der Waals surface area contributed by atoms with E-state index < -0.39 is 0 Å². The predicted molar refractivity (Wildman–Crippen MR) is 126 cm³/mol. The van der Waals surface area contributed by atoms with Crippen molar-refractivity contribution in [2.75, 3.05) is 23.3 Å². The number of thiazole rings is 1. The number of nitrogens with one attached hydrogen (secondary N) is 1. The third-order valence-electron chi connectivity index (χ3n) is 5.77. The normalized spacial score (nSPS) is 14.8. The van der Waals surface area contributed by atoms with Gasteiger partial charge in [-0.1, -0.05) is 6.07 Å². The van der Waals surface area contributed by atoms with E-state index in [1.54, 1.807) is 23.9 Å². The van der Waals surface area contributed by atoms with Crippen LogP contribution in [0.3, 0.4) is 0 Å². The zero-order valence-corrected chi connectivity index (χ0v) is 19.0. The third kappa shape index (κ3) is 3.90. The van der Waals surface area contributed by atoms with Crippen LogP contribution in [0.1, 0.15) is 23.3 Å². The highest BCUT2D eigenvalue weighted by Crippen LogP contribution is 2.35. The molecule has 9 heteroatoms. The van der Waals surface area contributed by atoms with Gasteiger partial charge in [0.05, 0.1) is 11.1 Å². The maximum Gasteiger partial charge on any atom is 0.229 e. The molecule has 0 unspecified atom stereocenters. The molecule has 5 heterocycles. The summed E-state index contributed by atoms with van der Waals surface area (Å²) >= 11 is 3.14. The summed E-state index contributed by atoms with van der Waals surface area (Å²) in [5, 5.41) is 6.69. The van der Waals surface area contributed by atoms with Crippen LogP contribution in [0.15, 0.2) is 36.1 Å². The first-order valence-corrected chi connectivity index (χ1v) is 11.9. The molecule has 0 aromatic carbocycles. The molecule has 1 saturated heterocycles. The van der Waals surface area contributed by atoms with Crippen molar-refractivity contribution < 1.29 is 4.79 Å². The molecule has 1 amide bonds. The molecule has 4 aromatic heterocycles. The Morgan fingerprint density at radius 1 is 1.13 bits per heavy atom. The van der Waals surface area contributed by atoms with Crippen LogP contribution in [0, 0.1) is 19.8 Å². The minimum Gasteiger partial charge on any atom is -0.356 e. The van der Waals surface area contributed by atoms with Crippen molar-refractivity contribution >= 4 is 49.7 Å². The zero-order chi connectivity index (χ0) is 21.4. The van der Waals surface area contributed by atoms with Crippen molar-refractivity contribution in [1.82, 2.24) is 19.9 Å². The lowest BCUT2D eigenvalue weighted by molar-refractivity contribution is -0.120. The van der Waals surface area contributed by atoms with Crippen LogP contribution in [-0.2, 0) is 4.79 Å². The summed E-state index contributed by atoms with van der Waals surface area (Å²) in [6.07, 6.45) is 4.97. The van der Waals surface area contributed by atoms with E-state index in [4.69, 9.17) is 0 Å². The molecule has 0 saturated carbocycles. The Balaban J connectivity index is 1.24. The van der Waals surface area contributed by atoms with E-state index >= 15 is 0 Å². The van der Waals surface area contributed by atoms with Crippen LogP contribution in [0.25, 0.3) is 21.6 Å². The quantitative estimate of drug-likeness (QED) is 0.486. The maximum absolute atomic E-state index is 12.8. The van der Waals surface area contributed by atoms with E-state index in [-0.39, 0.29) is 11.8 Å². The van der Waals surface area contributed by atoms with Crippen LogP contribution >= 0.6 is 22.7 Å². The maximum atomic E-state index is 12.8. The summed E-state index contributed by atoms with van der Waals surface area (Å²) in [6, 6.07) is 5.72. The number of fused-ring (bicyclic) bond motifs is 1. The SMILES string of the molecule is Cc1sc2ncnc(N3CCC(C(=O)Nc4nc(-c5ccccn5)cs4)CC3)c2c1C. The van der Waals surface area contributed by atoms with Gasteiger partial charge in [-0.3, -0.25) is 9.78 Å². The third-order valence-corrected chi connectivity index (χ3v) is 7.65. The summed E-state index contributed by atoms with van der Waals surface area (Å²) in [5.41, 5.74) is 2.84. The van der Waals surface area contributed by atoms with E-state index in [2.05, 4.69) is 44.0 Å². The van der Waals surface area contributed by atoms with Gasteiger partial charge in [-0.05, 0) is 44.4 Å². The number of hydrogen-bond acceptors (Lipinski definition) is 8. The van der Waals surface area contributed by atoms with E-state index in [9.17, 15) is 4.79 Å². The van der Waals surface area contributed by atoms with Crippen molar-refractivity contribution in [3.8, 4) is 11.4 Å². The Morgan fingerprint density at radius 3 is 2.74 bits per heavy atom. The van der Waals surface area contributed by atoms with Gasteiger partial charge in [0.1, 0.15) is 22.7 Å². The Kier molecular flexibility index (Phi) is 5.37. The molecule has 158 valence electrons. The van der Waals surface area contributed by atoms with Crippen LogP contribution in [0.5, 0.6) is 0 Å². The summed E-state index contributed by atoms with van der Waals surface area (Å²) < 4.78 is 0. The number of anilines is 2. The molecular formula is C22H22N6OS2. The lowest BCUT2D eigenvalue weighted by Crippen LogP contribution is -2.38. The topological polar surface area (TPSA) is 83.9 Å². The molecule has 1 aliphatic heterocycles. The van der Waals surface area contributed by atoms with Crippen molar-refractivity contribution in [2.24, 2.45) is 5.92 Å². The van der Waals surface area contributed by atoms with Gasteiger partial charge in [0, 0.05) is 35.5 Å². The second-order valence-electron chi connectivity index (χ2n) is 7.66. The standard InChI is InChI=1S/C22H22N6OS2/c1-13-14(2)31-21-18(13)19(24-12-25-21)28-9-6-15(7-10-28)20(29)27-22-26-17(11-30-22)16-5-3-4-8-23-16/h3-5,8,11-12,15H,6-7,9-10H2,1-2H3,(H,26,27,29). The Labute approximate surface area is 188 Å². The lowest BCUT2D eigenvalue weighted by atomic mass is 9.96. The highest BCUT2D eigenvalue weighted by molar-refractivity contribution is 7.18. The van der Waals surface area contributed by atoms with Crippen molar-refractivity contribution in [3.05, 3.63) is 46.5 Å². The molecule has 1 fully saturated rings. The van der Waals surface area contributed by atoms with Gasteiger partial charge >= 0.3 is 0 Å². The number of carbonyl (C=O) groups is 1. The molecule has 1 aliphatic rings. The number of aromatic nitrogens is 4. The highest BCUT2D eigenvalue weighted by atomic mass is 32.1. The fraction of sp³-hybridized carbons (Fsp3) is 0.318. The second kappa shape index (κ2) is 8.32. The largest absolute Gasteiger partial charge is 0.356 e. The van der Waals surface area contributed by atoms with Crippen molar-refractivity contribution in [2.45, 2.75) is 26.7 Å². The summed E-state index contributed by atoms with van der Waals surface area (Å²) in [5.74, 6) is 1.00. The van der Waals surface area contributed by atoms with Gasteiger partial charge in [-0.25, -0.2) is 15.0 Å². The Hall–Kier alpha value is -2.91. The van der Waals surface area contributed by atoms with Crippen molar-refractivity contribution in [1.29, 1.82) is 0 Å². The van der Waals surface area contributed by atoms with Gasteiger partial charge in [-0.15, -0.1) is 22.7 Å². The molecule has 0 aliphatic carbocycles. The number of rotatable bonds is 4. The highest BCUT2D eigenvalue weighted by Gasteiger charge is 2.28. The molecule has 7 nitrogen and oxygen atoms in total. The number of thiophene rings is 1. The Bertz CT molecular complexity index is 1230. The number of aryl methyl sites for hydroxylation is 2. The van der Waals surface area contributed by atoms with E-state index in [1.807, 2.05) is 23.6 Å². The number of piperidine rings is 1. The molecule has 0 bridgehead atoms. The van der Waals surface area contributed by atoms with Crippen LogP contribution in [0.2, 0.25) is 0 Å². The Morgan fingerprint density at radius 2 is 1.97 bits per heavy atom. The van der Waals surface area contributed by atoms with Gasteiger partial charge in [0.25, 0.3) is 0 Å². The van der Waals surface area contributed by atoms with E-state index in [0.717, 1.165) is 53.4 Å². The predicted octanol–water partition coefficient (Wildman–Crippen LogP) is 4.68. The molecule has 0 radical (unpaired) electrons. The number of pyridine rings is 1. The van der Waals surface area contributed by atoms with Crippen LogP contribution in [-0.4, -0.2) is 38.9 Å². The number of nitrogens with zero attached hydrogens (tertiary/aromatic N) is 5. The summed E-state index contributed by atoms with van der Waals surface area (Å²) in [4.78, 5) is 35.3. The number of amides is 1. The minimum absolute atomic E-state index is 0.0268. The van der Waals surface area contributed by atoms with Gasteiger partial charge < -0.3 is 10.2 Å². The molecule has 1 N–H and O–H groups in total. The average molecular weight is 451 g/mol. The van der Waals surface area contributed by atoms with Crippen LogP contribution in [0.4, 0.5) is 10.9 Å². The number of carbonyl (C=O) groups excluding carboxylic acids is 1. The monoisotopic (exact) mass is 450 g/mol. The molecule has 31 heavy (non-hydrogen) atoms. The zero-order valence-electron chi connectivity index (χ0n) is 17.3. The van der Waals surface area contributed by atoms with Gasteiger partial charge in [0.2, 0.25) is 5.91 Å². The first-order valence-electron chi connectivity index (χ1n) is 10.2. The molecule has 5 rings (SSSR count). The van der Waals surface area contributed by atoms with E-state index in [1.165, 1.54) is 21.8 Å². The lowest BCUT2D eigenvalue weighted by Gasteiger charge is -2.32. The van der Waals surface area contributed by atoms with Gasteiger partial charge in [-0.2, -0.15) is 0 Å². The minimum atomic E-state index is -0.0268. The second-order valence-corrected chi connectivity index (χ2v) is 9.73. The molecular weight excluding hydrogens is 428 g/mol. The van der Waals surface area contributed by atoms with Crippen LogP contribution < -0.4 is 10.2 Å². The number of hydrogen-bond donors (Lipinski definition) is 1. The van der Waals surface area contributed by atoms with Gasteiger partial charge in [0.15, 0.2) is 5.13 Å². The average Bonchev–Trinajstić information content (AvgIpc) is 3.38. The fourth-order valence-corrected chi connectivity index (χ4v) is 5.63. The molecule has 0 spiro atoms. The summed E-state index contributed by atoms with van der Waals surface area (Å²) in [7, 11) is 0. The first kappa shape index (κ1) is 20.0. The molecule has 0 atom stereocenters. The smallest absolute Gasteiger partial charge is 0.229 e. The fourth-order valence-electron chi connectivity index (χ4n) is 3.93. The van der Waals surface area contributed by atoms with Crippen molar-refractivity contribution in [3.63, 3.8) is 0 Å². The molecule has 4 aromatic rings. The van der Waals surface area contributed by atoms with E-state index in [0.29, 0.717) is 5.13 Å². The summed E-state index contributed by atoms with van der Waals surface area (Å²) in [6.45, 7) is 5.86.